The van der Waals surface area contributed by atoms with Crippen LogP contribution in [-0.4, -0.2) is 14.2 Å². The van der Waals surface area contributed by atoms with Gasteiger partial charge in [-0.25, -0.2) is 0 Å². The highest BCUT2D eigenvalue weighted by atomic mass is 16.5. The first-order chi connectivity index (χ1) is 7.27. The summed E-state index contributed by atoms with van der Waals surface area (Å²) in [6.07, 6.45) is 1.79. The highest BCUT2D eigenvalue weighted by Gasteiger charge is 2.13. The van der Waals surface area contributed by atoms with Crippen LogP contribution in [0, 0.1) is 0 Å². The lowest BCUT2D eigenvalue weighted by Gasteiger charge is -2.07. The molecule has 0 aliphatic heterocycles. The third-order valence-electron chi connectivity index (χ3n) is 2.71. The van der Waals surface area contributed by atoms with Crippen molar-refractivity contribution in [2.45, 2.75) is 13.0 Å². The van der Waals surface area contributed by atoms with Crippen LogP contribution in [0.25, 0.3) is 11.0 Å². The Morgan fingerprint density at radius 2 is 2.20 bits per heavy atom. The standard InChI is InChI=1S/C12H15NO2/c1-8(13-2)10-7-15-12-9(10)5-4-6-11(12)14-3/h4-8,13H,1-3H3. The van der Waals surface area contributed by atoms with Crippen LogP contribution in [0.5, 0.6) is 5.75 Å². The van der Waals surface area contributed by atoms with E-state index in [1.807, 2.05) is 25.2 Å². The molecule has 1 unspecified atom stereocenters. The minimum Gasteiger partial charge on any atom is -0.493 e. The largest absolute Gasteiger partial charge is 0.493 e. The molecule has 15 heavy (non-hydrogen) atoms. The van der Waals surface area contributed by atoms with E-state index in [-0.39, 0.29) is 6.04 Å². The predicted molar refractivity (Wildman–Crippen MR) is 60.2 cm³/mol. The van der Waals surface area contributed by atoms with Crippen molar-refractivity contribution in [3.05, 3.63) is 30.0 Å². The molecule has 0 spiro atoms. The Bertz CT molecular complexity index is 462. The van der Waals surface area contributed by atoms with Crippen molar-refractivity contribution >= 4 is 11.0 Å². The van der Waals surface area contributed by atoms with Gasteiger partial charge in [0, 0.05) is 17.0 Å². The zero-order valence-electron chi connectivity index (χ0n) is 9.20. The van der Waals surface area contributed by atoms with E-state index in [2.05, 4.69) is 12.2 Å². The van der Waals surface area contributed by atoms with Crippen LogP contribution in [0.15, 0.2) is 28.9 Å². The molecular weight excluding hydrogens is 190 g/mol. The molecule has 0 aliphatic rings. The van der Waals surface area contributed by atoms with E-state index in [1.165, 1.54) is 0 Å². The molecule has 1 N–H and O–H groups in total. The number of ether oxygens (including phenoxy) is 1. The molecule has 0 bridgehead atoms. The molecule has 2 aromatic rings. The Morgan fingerprint density at radius 3 is 2.87 bits per heavy atom. The van der Waals surface area contributed by atoms with E-state index < -0.39 is 0 Å². The molecule has 1 heterocycles. The van der Waals surface area contributed by atoms with Crippen molar-refractivity contribution in [2.24, 2.45) is 0 Å². The molecule has 1 atom stereocenters. The molecule has 0 fully saturated rings. The number of benzene rings is 1. The fourth-order valence-corrected chi connectivity index (χ4v) is 1.70. The van der Waals surface area contributed by atoms with Gasteiger partial charge in [0.25, 0.3) is 0 Å². The fraction of sp³-hybridized carbons (Fsp3) is 0.333. The quantitative estimate of drug-likeness (QED) is 0.836. The van der Waals surface area contributed by atoms with Gasteiger partial charge in [-0.2, -0.15) is 0 Å². The van der Waals surface area contributed by atoms with Crippen LogP contribution in [0.1, 0.15) is 18.5 Å². The Morgan fingerprint density at radius 1 is 1.40 bits per heavy atom. The van der Waals surface area contributed by atoms with Crippen LogP contribution < -0.4 is 10.1 Å². The number of nitrogens with one attached hydrogen (secondary N) is 1. The molecule has 80 valence electrons. The van der Waals surface area contributed by atoms with Crippen molar-refractivity contribution in [3.8, 4) is 5.75 Å². The van der Waals surface area contributed by atoms with Gasteiger partial charge < -0.3 is 14.5 Å². The van der Waals surface area contributed by atoms with E-state index in [1.54, 1.807) is 13.4 Å². The smallest absolute Gasteiger partial charge is 0.176 e. The topological polar surface area (TPSA) is 34.4 Å². The third-order valence-corrected chi connectivity index (χ3v) is 2.71. The van der Waals surface area contributed by atoms with Crippen molar-refractivity contribution in [3.63, 3.8) is 0 Å². The maximum atomic E-state index is 5.53. The zero-order chi connectivity index (χ0) is 10.8. The first kappa shape index (κ1) is 10.1. The number of hydrogen-bond donors (Lipinski definition) is 1. The van der Waals surface area contributed by atoms with E-state index in [9.17, 15) is 0 Å². The van der Waals surface area contributed by atoms with Gasteiger partial charge in [0.15, 0.2) is 11.3 Å². The van der Waals surface area contributed by atoms with Crippen molar-refractivity contribution in [1.82, 2.24) is 5.32 Å². The normalized spacial score (nSPS) is 13.0. The van der Waals surface area contributed by atoms with Gasteiger partial charge in [-0.05, 0) is 20.0 Å². The van der Waals surface area contributed by atoms with Gasteiger partial charge >= 0.3 is 0 Å². The molecular formula is C12H15NO2. The summed E-state index contributed by atoms with van der Waals surface area (Å²) in [4.78, 5) is 0. The van der Waals surface area contributed by atoms with Crippen LogP contribution in [0.2, 0.25) is 0 Å². The second-order valence-corrected chi connectivity index (χ2v) is 3.54. The van der Waals surface area contributed by atoms with Crippen LogP contribution >= 0.6 is 0 Å². The lowest BCUT2D eigenvalue weighted by Crippen LogP contribution is -2.11. The zero-order valence-corrected chi connectivity index (χ0v) is 9.20. The minimum atomic E-state index is 0.276. The number of fused-ring (bicyclic) bond motifs is 1. The highest BCUT2D eigenvalue weighted by Crippen LogP contribution is 2.32. The average Bonchev–Trinajstić information content (AvgIpc) is 2.71. The third kappa shape index (κ3) is 1.59. The van der Waals surface area contributed by atoms with Gasteiger partial charge in [0.1, 0.15) is 0 Å². The number of methoxy groups -OCH3 is 1. The molecule has 0 saturated heterocycles. The monoisotopic (exact) mass is 205 g/mol. The summed E-state index contributed by atoms with van der Waals surface area (Å²) in [5, 5.41) is 4.30. The molecule has 0 amide bonds. The van der Waals surface area contributed by atoms with E-state index in [4.69, 9.17) is 9.15 Å². The molecule has 2 rings (SSSR count). The van der Waals surface area contributed by atoms with Gasteiger partial charge in [0.2, 0.25) is 0 Å². The Kier molecular flexibility index (Phi) is 2.64. The summed E-state index contributed by atoms with van der Waals surface area (Å²) < 4.78 is 10.8. The summed E-state index contributed by atoms with van der Waals surface area (Å²) in [5.74, 6) is 0.780. The average molecular weight is 205 g/mol. The minimum absolute atomic E-state index is 0.276. The van der Waals surface area contributed by atoms with E-state index >= 15 is 0 Å². The van der Waals surface area contributed by atoms with E-state index in [0.29, 0.717) is 0 Å². The summed E-state index contributed by atoms with van der Waals surface area (Å²) >= 11 is 0. The van der Waals surface area contributed by atoms with Crippen molar-refractivity contribution < 1.29 is 9.15 Å². The number of rotatable bonds is 3. The van der Waals surface area contributed by atoms with Crippen molar-refractivity contribution in [1.29, 1.82) is 0 Å². The van der Waals surface area contributed by atoms with Crippen molar-refractivity contribution in [2.75, 3.05) is 14.2 Å². The van der Waals surface area contributed by atoms with Crippen LogP contribution in [-0.2, 0) is 0 Å². The molecule has 3 nitrogen and oxygen atoms in total. The summed E-state index contributed by atoms with van der Waals surface area (Å²) in [6.45, 7) is 2.10. The Labute approximate surface area is 89.0 Å². The first-order valence-corrected chi connectivity index (χ1v) is 4.99. The maximum Gasteiger partial charge on any atom is 0.176 e. The molecule has 1 aromatic heterocycles. The Balaban J connectivity index is 2.60. The number of para-hydroxylation sites is 1. The molecule has 3 heteroatoms. The number of hydrogen-bond acceptors (Lipinski definition) is 3. The summed E-state index contributed by atoms with van der Waals surface area (Å²) in [7, 11) is 3.59. The van der Waals surface area contributed by atoms with Crippen LogP contribution in [0.3, 0.4) is 0 Å². The molecule has 0 aliphatic carbocycles. The van der Waals surface area contributed by atoms with Gasteiger partial charge in [-0.15, -0.1) is 0 Å². The second-order valence-electron chi connectivity index (χ2n) is 3.54. The number of furan rings is 1. The molecule has 0 saturated carbocycles. The fourth-order valence-electron chi connectivity index (χ4n) is 1.70. The van der Waals surface area contributed by atoms with Gasteiger partial charge in [0.05, 0.1) is 13.4 Å². The van der Waals surface area contributed by atoms with Gasteiger partial charge in [-0.1, -0.05) is 12.1 Å². The lowest BCUT2D eigenvalue weighted by molar-refractivity contribution is 0.410. The Hall–Kier alpha value is -1.48. The van der Waals surface area contributed by atoms with Gasteiger partial charge in [-0.3, -0.25) is 0 Å². The first-order valence-electron chi connectivity index (χ1n) is 4.99. The van der Waals surface area contributed by atoms with E-state index in [0.717, 1.165) is 22.3 Å². The predicted octanol–water partition coefficient (Wildman–Crippen LogP) is 2.72. The second kappa shape index (κ2) is 3.95. The molecule has 0 radical (unpaired) electrons. The highest BCUT2D eigenvalue weighted by molar-refractivity contribution is 5.86. The summed E-state index contributed by atoms with van der Waals surface area (Å²) in [6, 6.07) is 6.20. The SMILES string of the molecule is CNC(C)c1coc2c(OC)cccc12. The van der Waals surface area contributed by atoms with Crippen LogP contribution in [0.4, 0.5) is 0 Å². The maximum absolute atomic E-state index is 5.53. The summed E-state index contributed by atoms with van der Waals surface area (Å²) in [5.41, 5.74) is 1.98. The lowest BCUT2D eigenvalue weighted by atomic mass is 10.1. The molecule has 1 aromatic carbocycles.